The molecule has 2 amide bonds. The third kappa shape index (κ3) is 6.82. The fourth-order valence-corrected chi connectivity index (χ4v) is 5.92. The van der Waals surface area contributed by atoms with E-state index in [9.17, 15) is 9.90 Å². The number of halogens is 2. The van der Waals surface area contributed by atoms with E-state index in [1.165, 1.54) is 0 Å². The van der Waals surface area contributed by atoms with Crippen molar-refractivity contribution in [3.8, 4) is 11.5 Å². The minimum atomic E-state index is -1.21. The fourth-order valence-electron chi connectivity index (χ4n) is 5.92. The summed E-state index contributed by atoms with van der Waals surface area (Å²) >= 11 is 0. The maximum atomic E-state index is 15.4. The molecular weight excluding hydrogens is 530 g/mol. The summed E-state index contributed by atoms with van der Waals surface area (Å²) in [6, 6.07) is 1.20. The monoisotopic (exact) mass is 574 g/mol. The maximum Gasteiger partial charge on any atom is 0.330 e. The number of benzene rings is 1. The van der Waals surface area contributed by atoms with Crippen LogP contribution in [0, 0.1) is 11.6 Å². The number of aromatic nitrogens is 2. The topological polar surface area (TPSA) is 94.1 Å². The van der Waals surface area contributed by atoms with Gasteiger partial charge < -0.3 is 15.2 Å². The number of amides is 2. The van der Waals surface area contributed by atoms with Crippen molar-refractivity contribution in [2.24, 2.45) is 0 Å². The number of carbonyl (C=O) groups is 1. The number of unbranched alkanes of at least 4 members (excludes halogenated alkanes) is 2. The molecular formula is C30H44F2N6O3. The van der Waals surface area contributed by atoms with Gasteiger partial charge in [0, 0.05) is 42.5 Å². The molecule has 2 N–H and O–H groups in total. The molecule has 2 heterocycles. The lowest BCUT2D eigenvalue weighted by Crippen LogP contribution is -2.52. The van der Waals surface area contributed by atoms with Gasteiger partial charge in [0.2, 0.25) is 5.95 Å². The van der Waals surface area contributed by atoms with E-state index in [0.29, 0.717) is 36.0 Å². The third-order valence-corrected chi connectivity index (χ3v) is 7.92. The number of phenols is 1. The molecule has 2 aliphatic rings. The van der Waals surface area contributed by atoms with Crippen molar-refractivity contribution in [2.75, 3.05) is 34.8 Å². The predicted octanol–water partition coefficient (Wildman–Crippen LogP) is 6.45. The number of ether oxygens (including phenoxy) is 1. The van der Waals surface area contributed by atoms with E-state index < -0.39 is 29.1 Å². The number of nitrogens with one attached hydrogen (secondary N) is 1. The molecule has 1 aliphatic heterocycles. The Hall–Kier alpha value is -3.21. The van der Waals surface area contributed by atoms with Crippen LogP contribution in [0.15, 0.2) is 12.3 Å². The van der Waals surface area contributed by atoms with Crippen LogP contribution in [0.3, 0.4) is 0 Å². The first kappa shape index (κ1) is 30.7. The van der Waals surface area contributed by atoms with Crippen molar-refractivity contribution in [3.05, 3.63) is 29.5 Å². The lowest BCUT2D eigenvalue weighted by atomic mass is 10.1. The second kappa shape index (κ2) is 13.6. The van der Waals surface area contributed by atoms with Gasteiger partial charge in [0.1, 0.15) is 11.5 Å². The Morgan fingerprint density at radius 3 is 2.49 bits per heavy atom. The molecule has 0 spiro atoms. The number of hydrogen-bond acceptors (Lipinski definition) is 7. The first-order valence-corrected chi connectivity index (χ1v) is 14.9. The molecule has 41 heavy (non-hydrogen) atoms. The molecule has 0 unspecified atom stereocenters. The van der Waals surface area contributed by atoms with Crippen LogP contribution in [0.1, 0.15) is 85.1 Å². The highest BCUT2D eigenvalue weighted by Crippen LogP contribution is 2.42. The first-order chi connectivity index (χ1) is 19.6. The quantitative estimate of drug-likeness (QED) is 0.266. The molecule has 4 rings (SSSR count). The van der Waals surface area contributed by atoms with Gasteiger partial charge in [0.05, 0.1) is 13.2 Å². The number of phenolic OH excluding ortho intramolecular Hbond substituents is 1. The summed E-state index contributed by atoms with van der Waals surface area (Å²) in [5, 5.41) is 13.4. The van der Waals surface area contributed by atoms with Crippen molar-refractivity contribution in [2.45, 2.75) is 104 Å². The summed E-state index contributed by atoms with van der Waals surface area (Å²) in [5.41, 5.74) is -0.0626. The van der Waals surface area contributed by atoms with Gasteiger partial charge in [-0.3, -0.25) is 14.7 Å². The molecule has 226 valence electrons. The normalized spacial score (nSPS) is 15.9. The number of urea groups is 1. The average Bonchev–Trinajstić information content (AvgIpc) is 3.46. The number of rotatable bonds is 13. The van der Waals surface area contributed by atoms with Crippen LogP contribution in [0.4, 0.5) is 31.0 Å². The van der Waals surface area contributed by atoms with Gasteiger partial charge in [-0.1, -0.05) is 19.3 Å². The summed E-state index contributed by atoms with van der Waals surface area (Å²) in [4.78, 5) is 28.1. The summed E-state index contributed by atoms with van der Waals surface area (Å²) in [6.45, 7) is 12.3. The van der Waals surface area contributed by atoms with Crippen molar-refractivity contribution in [1.29, 1.82) is 0 Å². The Balaban J connectivity index is 1.51. The zero-order valence-electron chi connectivity index (χ0n) is 24.9. The van der Waals surface area contributed by atoms with E-state index in [0.717, 1.165) is 62.5 Å². The van der Waals surface area contributed by atoms with Crippen LogP contribution in [0.5, 0.6) is 11.5 Å². The Bertz CT molecular complexity index is 1200. The van der Waals surface area contributed by atoms with Gasteiger partial charge >= 0.3 is 6.03 Å². The SMILES string of the molecule is CCOc1cc(O)c(F)c(N2Cc3cnc(NCCCCCN(C(C)C)C(C)C)nc3N(C3CCCC3)C2=O)c1F. The van der Waals surface area contributed by atoms with Gasteiger partial charge in [-0.2, -0.15) is 4.98 Å². The zero-order chi connectivity index (χ0) is 29.7. The standard InChI is InChI=1S/C30H44F2N6O3/c1-6-41-24-16-23(39)25(31)27(26(24)32)37-18-21-17-34-29(33-14-10-7-11-15-36(19(2)3)20(4)5)35-28(21)38(30(37)40)22-12-8-9-13-22/h16-17,19-20,22,39H,6-15,18H2,1-5H3,(H,33,34,35). The highest BCUT2D eigenvalue weighted by molar-refractivity contribution is 6.06. The van der Waals surface area contributed by atoms with Crippen LogP contribution in [0.25, 0.3) is 0 Å². The van der Waals surface area contributed by atoms with Gasteiger partial charge in [-0.05, 0) is 66.8 Å². The molecule has 1 saturated carbocycles. The minimum Gasteiger partial charge on any atom is -0.505 e. The van der Waals surface area contributed by atoms with Crippen molar-refractivity contribution in [3.63, 3.8) is 0 Å². The fraction of sp³-hybridized carbons (Fsp3) is 0.633. The zero-order valence-corrected chi connectivity index (χ0v) is 24.9. The van der Waals surface area contributed by atoms with Crippen molar-refractivity contribution in [1.82, 2.24) is 14.9 Å². The van der Waals surface area contributed by atoms with Crippen LogP contribution in [-0.2, 0) is 6.54 Å². The summed E-state index contributed by atoms with van der Waals surface area (Å²) in [5.74, 6) is -2.46. The lowest BCUT2D eigenvalue weighted by Gasteiger charge is -2.39. The van der Waals surface area contributed by atoms with E-state index >= 15 is 8.78 Å². The van der Waals surface area contributed by atoms with E-state index in [4.69, 9.17) is 9.72 Å². The van der Waals surface area contributed by atoms with Crippen molar-refractivity contribution < 1.29 is 23.4 Å². The van der Waals surface area contributed by atoms with E-state index in [1.54, 1.807) is 18.0 Å². The van der Waals surface area contributed by atoms with Crippen LogP contribution >= 0.6 is 0 Å². The van der Waals surface area contributed by atoms with Gasteiger partial charge in [-0.15, -0.1) is 0 Å². The van der Waals surface area contributed by atoms with E-state index in [-0.39, 0.29) is 24.9 Å². The van der Waals surface area contributed by atoms with Crippen molar-refractivity contribution >= 4 is 23.5 Å². The number of hydrogen-bond donors (Lipinski definition) is 2. The summed E-state index contributed by atoms with van der Waals surface area (Å²) in [7, 11) is 0. The number of anilines is 3. The van der Waals surface area contributed by atoms with Gasteiger partial charge in [0.25, 0.3) is 0 Å². The summed E-state index contributed by atoms with van der Waals surface area (Å²) < 4.78 is 35.8. The first-order valence-electron chi connectivity index (χ1n) is 14.9. The molecule has 0 saturated heterocycles. The highest BCUT2D eigenvalue weighted by atomic mass is 19.1. The van der Waals surface area contributed by atoms with Gasteiger partial charge in [-0.25, -0.2) is 18.6 Å². The second-order valence-electron chi connectivity index (χ2n) is 11.4. The van der Waals surface area contributed by atoms with E-state index in [2.05, 4.69) is 42.9 Å². The van der Waals surface area contributed by atoms with E-state index in [1.807, 2.05) is 0 Å². The highest BCUT2D eigenvalue weighted by Gasteiger charge is 2.41. The summed E-state index contributed by atoms with van der Waals surface area (Å²) in [6.07, 6.45) is 8.19. The molecule has 1 aromatic carbocycles. The molecule has 1 aliphatic carbocycles. The third-order valence-electron chi connectivity index (χ3n) is 7.92. The number of nitrogens with zero attached hydrogens (tertiary/aromatic N) is 5. The number of aromatic hydroxyl groups is 1. The molecule has 1 fully saturated rings. The Morgan fingerprint density at radius 1 is 1.12 bits per heavy atom. The van der Waals surface area contributed by atoms with Crippen LogP contribution < -0.4 is 19.9 Å². The average molecular weight is 575 g/mol. The minimum absolute atomic E-state index is 0.115. The predicted molar refractivity (Wildman–Crippen MR) is 157 cm³/mol. The smallest absolute Gasteiger partial charge is 0.330 e. The molecule has 0 bridgehead atoms. The van der Waals surface area contributed by atoms with Crippen LogP contribution in [0.2, 0.25) is 0 Å². The molecule has 1 aromatic heterocycles. The van der Waals surface area contributed by atoms with Gasteiger partial charge in [0.15, 0.2) is 23.1 Å². The molecule has 11 heteroatoms. The Kier molecular flexibility index (Phi) is 10.2. The maximum absolute atomic E-state index is 15.4. The molecule has 2 aromatic rings. The number of fused-ring (bicyclic) bond motifs is 1. The second-order valence-corrected chi connectivity index (χ2v) is 11.4. The molecule has 0 atom stereocenters. The number of carbonyl (C=O) groups excluding carboxylic acids is 1. The molecule has 9 nitrogen and oxygen atoms in total. The van der Waals surface area contributed by atoms with Crippen LogP contribution in [-0.4, -0.2) is 63.8 Å². The Labute approximate surface area is 241 Å². The lowest BCUT2D eigenvalue weighted by molar-refractivity contribution is 0.171. The largest absolute Gasteiger partial charge is 0.505 e. The molecule has 0 radical (unpaired) electrons. The Morgan fingerprint density at radius 2 is 1.83 bits per heavy atom.